The molecule has 2 fully saturated rings. The van der Waals surface area contributed by atoms with Gasteiger partial charge in [-0.05, 0) is 38.2 Å². The van der Waals surface area contributed by atoms with E-state index in [4.69, 9.17) is 4.74 Å². The van der Waals surface area contributed by atoms with E-state index >= 15 is 0 Å². The lowest BCUT2D eigenvalue weighted by atomic mass is 9.87. The first-order valence-electron chi connectivity index (χ1n) is 8.76. The van der Waals surface area contributed by atoms with E-state index < -0.39 is 11.9 Å². The Morgan fingerprint density at radius 2 is 1.92 bits per heavy atom. The van der Waals surface area contributed by atoms with E-state index in [1.54, 1.807) is 4.90 Å². The summed E-state index contributed by atoms with van der Waals surface area (Å²) in [7, 11) is 0. The van der Waals surface area contributed by atoms with Gasteiger partial charge in [-0.1, -0.05) is 29.8 Å². The number of nitrogens with zero attached hydrogens (tertiary/aromatic N) is 1. The molecule has 1 amide bonds. The van der Waals surface area contributed by atoms with Gasteiger partial charge in [0, 0.05) is 19.7 Å². The van der Waals surface area contributed by atoms with E-state index in [2.05, 4.69) is 0 Å². The van der Waals surface area contributed by atoms with E-state index in [1.165, 1.54) is 5.56 Å². The molecule has 1 aromatic carbocycles. The predicted molar refractivity (Wildman–Crippen MR) is 89.5 cm³/mol. The third-order valence-electron chi connectivity index (χ3n) is 5.13. The number of carbonyl (C=O) groups is 2. The van der Waals surface area contributed by atoms with Crippen LogP contribution in [0.15, 0.2) is 24.3 Å². The highest BCUT2D eigenvalue weighted by atomic mass is 16.5. The predicted octanol–water partition coefficient (Wildman–Crippen LogP) is 2.79. The van der Waals surface area contributed by atoms with Crippen molar-refractivity contribution in [2.24, 2.45) is 11.8 Å². The van der Waals surface area contributed by atoms with Crippen LogP contribution >= 0.6 is 0 Å². The highest BCUT2D eigenvalue weighted by Gasteiger charge is 2.38. The monoisotopic (exact) mass is 331 g/mol. The second-order valence-electron chi connectivity index (χ2n) is 6.91. The van der Waals surface area contributed by atoms with Crippen molar-refractivity contribution >= 4 is 11.9 Å². The largest absolute Gasteiger partial charge is 0.481 e. The number of hydrogen-bond donors (Lipinski definition) is 1. The number of amides is 1. The molecule has 3 atom stereocenters. The van der Waals surface area contributed by atoms with Gasteiger partial charge in [-0.15, -0.1) is 0 Å². The Morgan fingerprint density at radius 3 is 2.62 bits per heavy atom. The fourth-order valence-electron chi connectivity index (χ4n) is 3.73. The van der Waals surface area contributed by atoms with Gasteiger partial charge in [-0.2, -0.15) is 0 Å². The van der Waals surface area contributed by atoms with Crippen molar-refractivity contribution in [3.63, 3.8) is 0 Å². The molecule has 0 unspecified atom stereocenters. The quantitative estimate of drug-likeness (QED) is 0.925. The van der Waals surface area contributed by atoms with Gasteiger partial charge in [-0.3, -0.25) is 9.59 Å². The van der Waals surface area contributed by atoms with Gasteiger partial charge < -0.3 is 14.7 Å². The Bertz CT molecular complexity index is 598. The molecule has 2 heterocycles. The van der Waals surface area contributed by atoms with Crippen LogP contribution in [0, 0.1) is 18.8 Å². The van der Waals surface area contributed by atoms with Crippen molar-refractivity contribution in [3.8, 4) is 0 Å². The molecule has 2 aliphatic rings. The van der Waals surface area contributed by atoms with Crippen LogP contribution in [0.1, 0.15) is 42.9 Å². The highest BCUT2D eigenvalue weighted by molar-refractivity contribution is 5.81. The van der Waals surface area contributed by atoms with Gasteiger partial charge in [-0.25, -0.2) is 0 Å². The molecule has 5 nitrogen and oxygen atoms in total. The van der Waals surface area contributed by atoms with E-state index in [1.807, 2.05) is 31.2 Å². The average Bonchev–Trinajstić information content (AvgIpc) is 2.62. The van der Waals surface area contributed by atoms with Crippen LogP contribution in [0.3, 0.4) is 0 Å². The normalized spacial score (nSPS) is 27.7. The molecule has 0 saturated carbocycles. The first kappa shape index (κ1) is 17.0. The minimum Gasteiger partial charge on any atom is -0.481 e. The molecule has 24 heavy (non-hydrogen) atoms. The van der Waals surface area contributed by atoms with Crippen LogP contribution in [0.4, 0.5) is 0 Å². The molecular weight excluding hydrogens is 306 g/mol. The third kappa shape index (κ3) is 3.61. The number of hydrogen-bond acceptors (Lipinski definition) is 3. The number of piperidine rings is 1. The summed E-state index contributed by atoms with van der Waals surface area (Å²) in [6.07, 6.45) is 2.85. The summed E-state index contributed by atoms with van der Waals surface area (Å²) in [5.74, 6) is -1.41. The third-order valence-corrected chi connectivity index (χ3v) is 5.13. The number of likely N-dealkylation sites (tertiary alicyclic amines) is 1. The summed E-state index contributed by atoms with van der Waals surface area (Å²) in [4.78, 5) is 26.0. The highest BCUT2D eigenvalue weighted by Crippen LogP contribution is 2.35. The maximum atomic E-state index is 13.0. The number of rotatable bonds is 3. The first-order valence-corrected chi connectivity index (χ1v) is 8.76. The molecule has 0 spiro atoms. The molecule has 0 bridgehead atoms. The smallest absolute Gasteiger partial charge is 0.308 e. The van der Waals surface area contributed by atoms with Gasteiger partial charge in [0.05, 0.1) is 17.9 Å². The Balaban J connectivity index is 1.76. The molecule has 1 aromatic rings. The maximum Gasteiger partial charge on any atom is 0.308 e. The summed E-state index contributed by atoms with van der Waals surface area (Å²) in [6, 6.07) is 8.14. The second-order valence-corrected chi connectivity index (χ2v) is 6.91. The van der Waals surface area contributed by atoms with E-state index in [0.29, 0.717) is 26.1 Å². The lowest BCUT2D eigenvalue weighted by molar-refractivity contribution is -0.151. The standard InChI is InChI=1S/C19H25NO4/c1-13-6-8-14(9-7-13)17-16(5-3-11-24-17)18(21)20-10-2-4-15(12-20)19(22)23/h6-9,15-17H,2-5,10-12H2,1H3,(H,22,23)/t15-,16+,17-/m0/s1. The lowest BCUT2D eigenvalue weighted by Crippen LogP contribution is -2.47. The molecule has 1 N–H and O–H groups in total. The van der Waals surface area contributed by atoms with Gasteiger partial charge in [0.1, 0.15) is 0 Å². The molecule has 130 valence electrons. The molecule has 5 heteroatoms. The van der Waals surface area contributed by atoms with E-state index in [-0.39, 0.29) is 17.9 Å². The van der Waals surface area contributed by atoms with Gasteiger partial charge >= 0.3 is 5.97 Å². The van der Waals surface area contributed by atoms with Gasteiger partial charge in [0.2, 0.25) is 5.91 Å². The van der Waals surface area contributed by atoms with Crippen molar-refractivity contribution < 1.29 is 19.4 Å². The fraction of sp³-hybridized carbons (Fsp3) is 0.579. The lowest BCUT2D eigenvalue weighted by Gasteiger charge is -2.37. The summed E-state index contributed by atoms with van der Waals surface area (Å²) in [6.45, 7) is 3.68. The minimum atomic E-state index is -0.803. The Hall–Kier alpha value is -1.88. The number of aliphatic carboxylic acids is 1. The Labute approximate surface area is 142 Å². The van der Waals surface area contributed by atoms with Crippen LogP contribution < -0.4 is 0 Å². The number of carboxylic acids is 1. The molecule has 2 aliphatic heterocycles. The molecular formula is C19H25NO4. The molecule has 0 radical (unpaired) electrons. The van der Waals surface area contributed by atoms with E-state index in [0.717, 1.165) is 24.8 Å². The first-order chi connectivity index (χ1) is 11.6. The fourth-order valence-corrected chi connectivity index (χ4v) is 3.73. The molecule has 0 aliphatic carbocycles. The molecule has 2 saturated heterocycles. The zero-order chi connectivity index (χ0) is 17.1. The van der Waals surface area contributed by atoms with Crippen molar-refractivity contribution in [1.29, 1.82) is 0 Å². The molecule has 3 rings (SSSR count). The van der Waals surface area contributed by atoms with Crippen molar-refractivity contribution in [3.05, 3.63) is 35.4 Å². The zero-order valence-corrected chi connectivity index (χ0v) is 14.1. The summed E-state index contributed by atoms with van der Waals surface area (Å²) in [5.41, 5.74) is 2.21. The summed E-state index contributed by atoms with van der Waals surface area (Å²) in [5, 5.41) is 9.24. The number of aryl methyl sites for hydroxylation is 1. The number of carbonyl (C=O) groups excluding carboxylic acids is 1. The van der Waals surface area contributed by atoms with Crippen molar-refractivity contribution in [1.82, 2.24) is 4.90 Å². The second kappa shape index (κ2) is 7.34. The summed E-state index contributed by atoms with van der Waals surface area (Å²) < 4.78 is 5.94. The number of ether oxygens (including phenoxy) is 1. The zero-order valence-electron chi connectivity index (χ0n) is 14.1. The average molecular weight is 331 g/mol. The van der Waals surface area contributed by atoms with Crippen LogP contribution in [-0.2, 0) is 14.3 Å². The summed E-state index contributed by atoms with van der Waals surface area (Å²) >= 11 is 0. The molecule has 0 aromatic heterocycles. The van der Waals surface area contributed by atoms with Crippen LogP contribution in [0.2, 0.25) is 0 Å². The Kier molecular flexibility index (Phi) is 5.19. The SMILES string of the molecule is Cc1ccc([C@@H]2OCCC[C@H]2C(=O)N2CCC[C@H](C(=O)O)C2)cc1. The topological polar surface area (TPSA) is 66.8 Å². The minimum absolute atomic E-state index is 0.0474. The van der Waals surface area contributed by atoms with Gasteiger partial charge in [0.25, 0.3) is 0 Å². The maximum absolute atomic E-state index is 13.0. The van der Waals surface area contributed by atoms with Crippen molar-refractivity contribution in [2.75, 3.05) is 19.7 Å². The number of carboxylic acid groups (broad SMARTS) is 1. The van der Waals surface area contributed by atoms with E-state index in [9.17, 15) is 14.7 Å². The van der Waals surface area contributed by atoms with Crippen LogP contribution in [-0.4, -0.2) is 41.6 Å². The Morgan fingerprint density at radius 1 is 1.17 bits per heavy atom. The van der Waals surface area contributed by atoms with Crippen LogP contribution in [0.25, 0.3) is 0 Å². The van der Waals surface area contributed by atoms with Crippen LogP contribution in [0.5, 0.6) is 0 Å². The van der Waals surface area contributed by atoms with Gasteiger partial charge in [0.15, 0.2) is 0 Å². The number of benzene rings is 1. The van der Waals surface area contributed by atoms with Crippen molar-refractivity contribution in [2.45, 2.75) is 38.7 Å².